The van der Waals surface area contributed by atoms with E-state index in [1.54, 1.807) is 0 Å². The summed E-state index contributed by atoms with van der Waals surface area (Å²) in [6.07, 6.45) is 6.83. The predicted molar refractivity (Wildman–Crippen MR) is 68.5 cm³/mol. The molecular weight excluding hydrogens is 285 g/mol. The molecule has 0 atom stereocenters. The van der Waals surface area contributed by atoms with Crippen molar-refractivity contribution in [3.05, 3.63) is 27.8 Å². The van der Waals surface area contributed by atoms with E-state index in [1.165, 1.54) is 41.4 Å². The molecule has 1 aromatic rings. The summed E-state index contributed by atoms with van der Waals surface area (Å²) >= 11 is 2.36. The molecule has 0 unspecified atom stereocenters. The van der Waals surface area contributed by atoms with E-state index in [4.69, 9.17) is 0 Å². The highest BCUT2D eigenvalue weighted by molar-refractivity contribution is 14.1. The zero-order valence-corrected chi connectivity index (χ0v) is 10.4. The smallest absolute Gasteiger partial charge is 0.0478 e. The van der Waals surface area contributed by atoms with Crippen LogP contribution in [0.2, 0.25) is 0 Å². The molecule has 1 N–H and O–H groups in total. The van der Waals surface area contributed by atoms with Gasteiger partial charge in [0.05, 0.1) is 0 Å². The van der Waals surface area contributed by atoms with Crippen molar-refractivity contribution in [2.24, 2.45) is 0 Å². The van der Waals surface area contributed by atoms with Gasteiger partial charge in [0.2, 0.25) is 0 Å². The molecule has 2 heteroatoms. The lowest BCUT2D eigenvalue weighted by Crippen LogP contribution is -2.22. The molecule has 75 valence electrons. The molecule has 14 heavy (non-hydrogen) atoms. The van der Waals surface area contributed by atoms with Gasteiger partial charge in [-0.2, -0.15) is 0 Å². The maximum Gasteiger partial charge on any atom is 0.0478 e. The van der Waals surface area contributed by atoms with Crippen LogP contribution in [0.25, 0.3) is 0 Å². The second-order valence-corrected chi connectivity index (χ2v) is 5.05. The van der Waals surface area contributed by atoms with Crippen molar-refractivity contribution in [2.75, 3.05) is 5.32 Å². The monoisotopic (exact) mass is 300 g/mol. The van der Waals surface area contributed by atoms with Crippen molar-refractivity contribution in [3.63, 3.8) is 0 Å². The van der Waals surface area contributed by atoms with Crippen molar-refractivity contribution in [3.8, 4) is 0 Å². The Balaban J connectivity index is 1.99. The van der Waals surface area contributed by atoms with E-state index in [-0.39, 0.29) is 0 Å². The highest BCUT2D eigenvalue weighted by atomic mass is 127. The molecule has 1 fully saturated rings. The van der Waals surface area contributed by atoms with Crippen LogP contribution in [0, 0.1) is 9.64 Å². The third-order valence-corrected chi connectivity index (χ3v) is 3.67. The molecule has 0 aliphatic heterocycles. The molecule has 0 saturated heterocycles. The van der Waals surface area contributed by atoms with E-state index in [1.807, 2.05) is 12.1 Å². The Hall–Kier alpha value is -0.250. The Bertz CT molecular complexity index is 292. The zero-order chi connectivity index (χ0) is 9.80. The van der Waals surface area contributed by atoms with Crippen molar-refractivity contribution in [1.29, 1.82) is 0 Å². The number of halogens is 1. The van der Waals surface area contributed by atoms with Crippen molar-refractivity contribution in [1.82, 2.24) is 0 Å². The number of nitrogens with one attached hydrogen (secondary N) is 1. The highest BCUT2D eigenvalue weighted by Crippen LogP contribution is 2.24. The molecule has 1 saturated carbocycles. The highest BCUT2D eigenvalue weighted by Gasteiger charge is 2.13. The number of hydrogen-bond donors (Lipinski definition) is 1. The molecule has 1 aliphatic rings. The predicted octanol–water partition coefficient (Wildman–Crippen LogP) is 3.84. The Kier molecular flexibility index (Phi) is 3.67. The molecule has 0 bridgehead atoms. The minimum Gasteiger partial charge on any atom is -0.381 e. The van der Waals surface area contributed by atoms with Crippen molar-refractivity contribution >= 4 is 28.3 Å². The number of hydrogen-bond acceptors (Lipinski definition) is 1. The summed E-state index contributed by atoms with van der Waals surface area (Å²) in [7, 11) is 0. The van der Waals surface area contributed by atoms with Crippen LogP contribution in [-0.2, 0) is 0 Å². The summed E-state index contributed by atoms with van der Waals surface area (Å²) in [5.74, 6) is 0. The van der Waals surface area contributed by atoms with E-state index in [2.05, 4.69) is 40.0 Å². The zero-order valence-electron chi connectivity index (χ0n) is 8.22. The summed E-state index contributed by atoms with van der Waals surface area (Å²) in [6, 6.07) is 9.92. The Morgan fingerprint density at radius 3 is 2.79 bits per heavy atom. The van der Waals surface area contributed by atoms with E-state index in [0.717, 1.165) is 0 Å². The van der Waals surface area contributed by atoms with Gasteiger partial charge in [-0.25, -0.2) is 0 Å². The second kappa shape index (κ2) is 5.01. The summed E-state index contributed by atoms with van der Waals surface area (Å²) in [5.41, 5.74) is 1.27. The summed E-state index contributed by atoms with van der Waals surface area (Å²) in [5, 5.41) is 3.62. The first-order valence-corrected chi connectivity index (χ1v) is 6.36. The summed E-state index contributed by atoms with van der Waals surface area (Å²) < 4.78 is 1.27. The molecule has 1 nitrogen and oxygen atoms in total. The lowest BCUT2D eigenvalue weighted by atomic mass is 9.95. The van der Waals surface area contributed by atoms with E-state index < -0.39 is 0 Å². The van der Waals surface area contributed by atoms with Gasteiger partial charge < -0.3 is 5.32 Å². The lowest BCUT2D eigenvalue weighted by molar-refractivity contribution is 0.462. The molecule has 1 aromatic carbocycles. The van der Waals surface area contributed by atoms with Crippen LogP contribution in [0.1, 0.15) is 32.1 Å². The number of anilines is 1. The van der Waals surface area contributed by atoms with Crippen LogP contribution < -0.4 is 5.32 Å². The average molecular weight is 300 g/mol. The first-order valence-electron chi connectivity index (χ1n) is 5.28. The van der Waals surface area contributed by atoms with Crippen LogP contribution in [0.5, 0.6) is 0 Å². The molecule has 1 aliphatic carbocycles. The molecule has 0 amide bonds. The van der Waals surface area contributed by atoms with Gasteiger partial charge in [0.1, 0.15) is 0 Å². The van der Waals surface area contributed by atoms with E-state index >= 15 is 0 Å². The Labute approximate surface area is 99.4 Å². The van der Waals surface area contributed by atoms with Crippen LogP contribution in [0.3, 0.4) is 0 Å². The van der Waals surface area contributed by atoms with Crippen molar-refractivity contribution in [2.45, 2.75) is 38.1 Å². The first-order chi connectivity index (χ1) is 6.86. The van der Waals surface area contributed by atoms with Gasteiger partial charge in [-0.1, -0.05) is 25.3 Å². The van der Waals surface area contributed by atoms with Crippen LogP contribution in [0.15, 0.2) is 18.2 Å². The van der Waals surface area contributed by atoms with E-state index in [9.17, 15) is 0 Å². The SMILES string of the molecule is Ic1c[c]ccc1NC1CCCCC1. The van der Waals surface area contributed by atoms with Gasteiger partial charge in [-0.15, -0.1) is 0 Å². The molecule has 0 aromatic heterocycles. The topological polar surface area (TPSA) is 12.0 Å². The van der Waals surface area contributed by atoms with Gasteiger partial charge >= 0.3 is 0 Å². The van der Waals surface area contributed by atoms with Gasteiger partial charge in [-0.3, -0.25) is 0 Å². The fourth-order valence-corrected chi connectivity index (χ4v) is 2.51. The Morgan fingerprint density at radius 1 is 1.29 bits per heavy atom. The van der Waals surface area contributed by atoms with Crippen LogP contribution in [-0.4, -0.2) is 6.04 Å². The molecule has 1 radical (unpaired) electrons. The van der Waals surface area contributed by atoms with Crippen LogP contribution in [0.4, 0.5) is 5.69 Å². The minimum atomic E-state index is 0.694. The van der Waals surface area contributed by atoms with Gasteiger partial charge in [0.25, 0.3) is 0 Å². The molecule has 0 spiro atoms. The minimum absolute atomic E-state index is 0.694. The standard InChI is InChI=1S/C12H15IN/c13-11-8-4-5-9-12(11)14-10-6-2-1-3-7-10/h5,8-10,14H,1-3,6-7H2. The number of benzene rings is 1. The van der Waals surface area contributed by atoms with Crippen LogP contribution >= 0.6 is 22.6 Å². The molecule has 0 heterocycles. The fraction of sp³-hybridized carbons (Fsp3) is 0.500. The summed E-state index contributed by atoms with van der Waals surface area (Å²) in [4.78, 5) is 0. The largest absolute Gasteiger partial charge is 0.381 e. The quantitative estimate of drug-likeness (QED) is 0.818. The summed E-state index contributed by atoms with van der Waals surface area (Å²) in [6.45, 7) is 0. The van der Waals surface area contributed by atoms with Crippen molar-refractivity contribution < 1.29 is 0 Å². The molecular formula is C12H15IN. The Morgan fingerprint density at radius 2 is 2.07 bits per heavy atom. The van der Waals surface area contributed by atoms with Gasteiger partial charge in [0, 0.05) is 15.3 Å². The third-order valence-electron chi connectivity index (χ3n) is 2.78. The van der Waals surface area contributed by atoms with Gasteiger partial charge in [-0.05, 0) is 53.6 Å². The fourth-order valence-electron chi connectivity index (χ4n) is 1.99. The lowest BCUT2D eigenvalue weighted by Gasteiger charge is -2.24. The maximum atomic E-state index is 3.62. The number of rotatable bonds is 2. The maximum absolute atomic E-state index is 3.62. The molecule has 2 rings (SSSR count). The second-order valence-electron chi connectivity index (χ2n) is 3.89. The third kappa shape index (κ3) is 2.62. The van der Waals surface area contributed by atoms with E-state index in [0.29, 0.717) is 6.04 Å². The normalized spacial score (nSPS) is 18.1. The first kappa shape index (κ1) is 10.3. The van der Waals surface area contributed by atoms with Gasteiger partial charge in [0.15, 0.2) is 0 Å². The average Bonchev–Trinajstić information content (AvgIpc) is 2.23.